The summed E-state index contributed by atoms with van der Waals surface area (Å²) in [5.74, 6) is -30.6. The van der Waals surface area contributed by atoms with Gasteiger partial charge in [0.15, 0.2) is 0 Å². The number of halogens is 14. The Morgan fingerprint density at radius 1 is 0.710 bits per heavy atom. The van der Waals surface area contributed by atoms with Gasteiger partial charge in [-0.15, -0.1) is 0 Å². The fraction of sp³-hybridized carbons (Fsp3) is 0.533. The number of hydrogen-bond donors (Lipinski definition) is 0. The van der Waals surface area contributed by atoms with Crippen molar-refractivity contribution in [3.8, 4) is 0 Å². The van der Waals surface area contributed by atoms with E-state index in [9.17, 15) is 66.3 Å². The van der Waals surface area contributed by atoms with Gasteiger partial charge in [0.05, 0.1) is 6.42 Å². The maximum absolute atomic E-state index is 13.6. The molecule has 1 aromatic carbocycles. The van der Waals surface area contributed by atoms with Gasteiger partial charge in [-0.1, -0.05) is 30.3 Å². The second kappa shape index (κ2) is 8.00. The topological polar surface area (TPSA) is 26.3 Å². The second-order valence-electron chi connectivity index (χ2n) is 5.93. The Bertz CT molecular complexity index is 766. The van der Waals surface area contributed by atoms with Crippen molar-refractivity contribution in [2.24, 2.45) is 0 Å². The molecule has 0 aliphatic heterocycles. The van der Waals surface area contributed by atoms with E-state index in [1.165, 1.54) is 0 Å². The first kappa shape index (κ1) is 26.7. The average molecular weight is 486 g/mol. The molecule has 0 bridgehead atoms. The summed E-state index contributed by atoms with van der Waals surface area (Å²) in [6.07, 6.45) is -20.0. The minimum atomic E-state index is -7.09. The average Bonchev–Trinajstić information content (AvgIpc) is 2.59. The molecule has 1 rings (SSSR count). The highest BCUT2D eigenvalue weighted by Gasteiger charge is 2.78. The molecule has 0 aliphatic rings. The number of benzene rings is 1. The zero-order chi connectivity index (χ0) is 24.7. The number of hydrogen-bond acceptors (Lipinski definition) is 2. The predicted molar refractivity (Wildman–Crippen MR) is 71.8 cm³/mol. The van der Waals surface area contributed by atoms with Crippen LogP contribution in [0.5, 0.6) is 0 Å². The van der Waals surface area contributed by atoms with Crippen LogP contribution in [0.1, 0.15) is 18.1 Å². The standard InChI is InChI=1S/C15H8F14O2/c16-10(17,12(20,21)14(24,25)26)6-8(7-4-2-1-3-5-7)31-9(30)11(18,19)13(22,23)15(27,28)29/h1-5,8H,6H2. The second-order valence-corrected chi connectivity index (χ2v) is 5.93. The van der Waals surface area contributed by atoms with Crippen molar-refractivity contribution >= 4 is 5.97 Å². The lowest BCUT2D eigenvalue weighted by Gasteiger charge is -2.32. The van der Waals surface area contributed by atoms with Gasteiger partial charge in [0, 0.05) is 0 Å². The summed E-state index contributed by atoms with van der Waals surface area (Å²) in [5.41, 5.74) is -0.973. The molecule has 31 heavy (non-hydrogen) atoms. The fourth-order valence-electron chi connectivity index (χ4n) is 1.97. The third-order valence-corrected chi connectivity index (χ3v) is 3.68. The number of alkyl halides is 14. The smallest absolute Gasteiger partial charge is 0.453 e. The van der Waals surface area contributed by atoms with E-state index >= 15 is 0 Å². The van der Waals surface area contributed by atoms with E-state index in [1.807, 2.05) is 0 Å². The van der Waals surface area contributed by atoms with Crippen molar-refractivity contribution in [3.05, 3.63) is 35.9 Å². The molecule has 0 aliphatic carbocycles. The van der Waals surface area contributed by atoms with Crippen LogP contribution in [0, 0.1) is 0 Å². The molecule has 2 nitrogen and oxygen atoms in total. The minimum absolute atomic E-state index is 0.569. The lowest BCUT2D eigenvalue weighted by molar-refractivity contribution is -0.360. The molecule has 0 aromatic heterocycles. The highest BCUT2D eigenvalue weighted by atomic mass is 19.4. The van der Waals surface area contributed by atoms with Gasteiger partial charge in [-0.2, -0.15) is 61.5 Å². The summed E-state index contributed by atoms with van der Waals surface area (Å²) >= 11 is 0. The van der Waals surface area contributed by atoms with E-state index in [0.717, 1.165) is 18.2 Å². The molecule has 0 spiro atoms. The van der Waals surface area contributed by atoms with Gasteiger partial charge >= 0.3 is 42.0 Å². The number of carbonyl (C=O) groups is 1. The zero-order valence-corrected chi connectivity index (χ0v) is 14.3. The van der Waals surface area contributed by atoms with Crippen LogP contribution in [0.4, 0.5) is 61.5 Å². The number of esters is 1. The monoisotopic (exact) mass is 486 g/mol. The first-order chi connectivity index (χ1) is 13.6. The fourth-order valence-corrected chi connectivity index (χ4v) is 1.97. The van der Waals surface area contributed by atoms with Gasteiger partial charge in [0.2, 0.25) is 0 Å². The maximum Gasteiger partial charge on any atom is 0.460 e. The summed E-state index contributed by atoms with van der Waals surface area (Å²) in [6, 6.07) is 3.94. The van der Waals surface area contributed by atoms with Crippen molar-refractivity contribution in [3.63, 3.8) is 0 Å². The first-order valence-corrected chi connectivity index (χ1v) is 7.50. The molecule has 1 aromatic rings. The van der Waals surface area contributed by atoms with E-state index in [1.54, 1.807) is 0 Å². The lowest BCUT2D eigenvalue weighted by atomic mass is 9.98. The summed E-state index contributed by atoms with van der Waals surface area (Å²) in [7, 11) is 0. The van der Waals surface area contributed by atoms with Gasteiger partial charge < -0.3 is 4.74 Å². The van der Waals surface area contributed by atoms with Crippen LogP contribution in [-0.4, -0.2) is 42.0 Å². The van der Waals surface area contributed by atoms with Gasteiger partial charge in [-0.05, 0) is 5.56 Å². The van der Waals surface area contributed by atoms with Crippen LogP contribution in [-0.2, 0) is 9.53 Å². The Hall–Kier alpha value is -2.29. The van der Waals surface area contributed by atoms with Crippen LogP contribution < -0.4 is 0 Å². The molecule has 0 heterocycles. The van der Waals surface area contributed by atoms with E-state index in [2.05, 4.69) is 4.74 Å². The predicted octanol–water partition coefficient (Wildman–Crippen LogP) is 6.33. The minimum Gasteiger partial charge on any atom is -0.453 e. The van der Waals surface area contributed by atoms with E-state index in [-0.39, 0.29) is 0 Å². The Balaban J connectivity index is 3.36. The summed E-state index contributed by atoms with van der Waals surface area (Å²) in [5, 5.41) is 0. The van der Waals surface area contributed by atoms with Crippen LogP contribution in [0.15, 0.2) is 30.3 Å². The Kier molecular flexibility index (Phi) is 6.90. The van der Waals surface area contributed by atoms with Crippen LogP contribution >= 0.6 is 0 Å². The molecular formula is C15H8F14O2. The summed E-state index contributed by atoms with van der Waals surface area (Å²) < 4.78 is 182. The van der Waals surface area contributed by atoms with E-state index in [4.69, 9.17) is 0 Å². The van der Waals surface area contributed by atoms with Crippen molar-refractivity contribution in [1.29, 1.82) is 0 Å². The molecule has 0 amide bonds. The Labute approximate surface area is 162 Å². The molecule has 0 saturated carbocycles. The van der Waals surface area contributed by atoms with Gasteiger partial charge in [-0.3, -0.25) is 0 Å². The summed E-state index contributed by atoms with van der Waals surface area (Å²) in [6.45, 7) is 0. The third kappa shape index (κ3) is 4.97. The number of rotatable bonds is 7. The molecule has 0 radical (unpaired) electrons. The quantitative estimate of drug-likeness (QED) is 0.333. The van der Waals surface area contributed by atoms with Crippen LogP contribution in [0.25, 0.3) is 0 Å². The molecular weight excluding hydrogens is 478 g/mol. The van der Waals surface area contributed by atoms with Gasteiger partial charge in [0.25, 0.3) is 0 Å². The first-order valence-electron chi connectivity index (χ1n) is 7.50. The van der Waals surface area contributed by atoms with E-state index in [0.29, 0.717) is 12.1 Å². The molecule has 1 atom stereocenters. The highest BCUT2D eigenvalue weighted by molar-refractivity contribution is 5.79. The molecule has 1 unspecified atom stereocenters. The number of ether oxygens (including phenoxy) is 1. The van der Waals surface area contributed by atoms with Gasteiger partial charge in [0.1, 0.15) is 6.10 Å². The van der Waals surface area contributed by atoms with Crippen molar-refractivity contribution in [2.45, 2.75) is 48.6 Å². The molecule has 0 N–H and O–H groups in total. The van der Waals surface area contributed by atoms with Gasteiger partial charge in [-0.25, -0.2) is 4.79 Å². The van der Waals surface area contributed by atoms with Crippen molar-refractivity contribution < 1.29 is 71.0 Å². The normalized spacial score (nSPS) is 15.5. The molecule has 0 fully saturated rings. The van der Waals surface area contributed by atoms with Crippen LogP contribution in [0.2, 0.25) is 0 Å². The third-order valence-electron chi connectivity index (χ3n) is 3.68. The highest BCUT2D eigenvalue weighted by Crippen LogP contribution is 2.51. The number of carbonyl (C=O) groups excluding carboxylic acids is 1. The zero-order valence-electron chi connectivity index (χ0n) is 14.3. The maximum atomic E-state index is 13.6. The molecule has 178 valence electrons. The van der Waals surface area contributed by atoms with Crippen LogP contribution in [0.3, 0.4) is 0 Å². The Morgan fingerprint density at radius 2 is 1.13 bits per heavy atom. The largest absolute Gasteiger partial charge is 0.460 e. The Morgan fingerprint density at radius 3 is 1.52 bits per heavy atom. The van der Waals surface area contributed by atoms with Crippen molar-refractivity contribution in [2.75, 3.05) is 0 Å². The molecule has 16 heteroatoms. The SMILES string of the molecule is O=C(OC(CC(F)(F)C(F)(F)C(F)(F)F)c1ccccc1)C(F)(F)C(F)(F)C(F)(F)F. The lowest BCUT2D eigenvalue weighted by Crippen LogP contribution is -2.57. The molecule has 0 saturated heterocycles. The summed E-state index contributed by atoms with van der Waals surface area (Å²) in [4.78, 5) is 11.3. The van der Waals surface area contributed by atoms with E-state index < -0.39 is 60.1 Å². The van der Waals surface area contributed by atoms with Crippen molar-refractivity contribution in [1.82, 2.24) is 0 Å².